The van der Waals surface area contributed by atoms with Crippen LogP contribution in [-0.2, 0) is 21.9 Å². The summed E-state index contributed by atoms with van der Waals surface area (Å²) in [4.78, 5) is 0. The van der Waals surface area contributed by atoms with Gasteiger partial charge in [-0.05, 0) is 46.7 Å². The van der Waals surface area contributed by atoms with Gasteiger partial charge in [0.15, 0.2) is 6.79 Å². The number of rotatable bonds is 5. The zero-order chi connectivity index (χ0) is 17.9. The second-order valence-electron chi connectivity index (χ2n) is 6.35. The molecule has 26 heavy (non-hydrogen) atoms. The largest absolute Gasteiger partial charge is 0.303 e. The second-order valence-corrected chi connectivity index (χ2v) is 7.87. The molecule has 3 heteroatoms. The molecule has 1 heterocycles. The van der Waals surface area contributed by atoms with Gasteiger partial charge in [-0.2, -0.15) is 0 Å². The van der Waals surface area contributed by atoms with Crippen LogP contribution in [0.25, 0.3) is 22.3 Å². The summed E-state index contributed by atoms with van der Waals surface area (Å²) in [7, 11) is -0.975. The molecule has 4 rings (SSSR count). The fraction of sp³-hybridized carbons (Fsp3) is 0.217. The van der Waals surface area contributed by atoms with Gasteiger partial charge in [0.05, 0.1) is 0 Å². The molecule has 0 spiro atoms. The van der Waals surface area contributed by atoms with Crippen LogP contribution in [0.2, 0.25) is 0 Å². The minimum absolute atomic E-state index is 0.399. The molecule has 1 saturated heterocycles. The van der Waals surface area contributed by atoms with Crippen molar-refractivity contribution < 1.29 is 9.05 Å². The van der Waals surface area contributed by atoms with Gasteiger partial charge in [0.2, 0.25) is 8.38 Å². The van der Waals surface area contributed by atoms with Crippen LogP contribution in [-0.4, -0.2) is 6.79 Å². The van der Waals surface area contributed by atoms with Gasteiger partial charge in [0, 0.05) is 10.9 Å². The van der Waals surface area contributed by atoms with Crippen LogP contribution in [0.15, 0.2) is 66.7 Å². The molecule has 3 aromatic rings. The lowest BCUT2D eigenvalue weighted by Gasteiger charge is -2.29. The lowest BCUT2D eigenvalue weighted by atomic mass is 9.88. The summed E-state index contributed by atoms with van der Waals surface area (Å²) < 4.78 is 11.5. The number of hydrogen-bond acceptors (Lipinski definition) is 2. The molecule has 1 fully saturated rings. The van der Waals surface area contributed by atoms with Crippen molar-refractivity contribution in [1.82, 2.24) is 0 Å². The summed E-state index contributed by atoms with van der Waals surface area (Å²) in [5, 5.41) is 1.18. The third-order valence-electron chi connectivity index (χ3n) is 4.94. The van der Waals surface area contributed by atoms with Crippen molar-refractivity contribution in [3.05, 3.63) is 77.9 Å². The Bertz CT molecular complexity index is 916. The molecule has 1 aliphatic heterocycles. The highest BCUT2D eigenvalue weighted by Gasteiger charge is 2.28. The zero-order valence-electron chi connectivity index (χ0n) is 15.2. The van der Waals surface area contributed by atoms with E-state index in [1.165, 1.54) is 38.7 Å². The van der Waals surface area contributed by atoms with Crippen LogP contribution in [0.3, 0.4) is 0 Å². The van der Waals surface area contributed by atoms with Gasteiger partial charge in [-0.3, -0.25) is 0 Å². The number of hydrogen-bond donors (Lipinski definition) is 0. The summed E-state index contributed by atoms with van der Waals surface area (Å²) in [5.74, 6) is 0. The summed E-state index contributed by atoms with van der Waals surface area (Å²) in [6.45, 7) is 4.82. The highest BCUT2D eigenvalue weighted by Crippen LogP contribution is 2.49. The summed E-state index contributed by atoms with van der Waals surface area (Å²) in [5.41, 5.74) is 7.83. The van der Waals surface area contributed by atoms with Gasteiger partial charge in [0.25, 0.3) is 0 Å². The fourth-order valence-corrected chi connectivity index (χ4v) is 4.73. The normalized spacial score (nSPS) is 14.2. The van der Waals surface area contributed by atoms with Crippen LogP contribution < -0.4 is 5.30 Å². The monoisotopic (exact) mass is 362 g/mol. The van der Waals surface area contributed by atoms with Crippen molar-refractivity contribution in [2.45, 2.75) is 26.7 Å². The number of aryl methyl sites for hydroxylation is 2. The molecule has 0 radical (unpaired) electrons. The molecule has 0 N–H and O–H groups in total. The molecule has 0 aliphatic carbocycles. The van der Waals surface area contributed by atoms with Crippen LogP contribution in [0.1, 0.15) is 25.0 Å². The van der Waals surface area contributed by atoms with Crippen LogP contribution >= 0.6 is 8.38 Å². The lowest BCUT2D eigenvalue weighted by molar-refractivity contribution is 0.0446. The van der Waals surface area contributed by atoms with Crippen molar-refractivity contribution in [2.24, 2.45) is 0 Å². The Balaban J connectivity index is 2.00. The first-order valence-corrected chi connectivity index (χ1v) is 10.4. The van der Waals surface area contributed by atoms with Crippen LogP contribution in [0.4, 0.5) is 0 Å². The summed E-state index contributed by atoms with van der Waals surface area (Å²) in [6.07, 6.45) is 2.01. The predicted molar refractivity (Wildman–Crippen MR) is 110 cm³/mol. The van der Waals surface area contributed by atoms with Crippen LogP contribution in [0.5, 0.6) is 0 Å². The summed E-state index contributed by atoms with van der Waals surface area (Å²) >= 11 is 0. The second kappa shape index (κ2) is 7.72. The standard InChI is InChI=1S/C23H23O2P/c1-3-17-10-5-7-12-19(17)21-14-9-15-22(26-24-16-25-26)23(21)20-13-8-6-11-18(20)4-2/h5-15H,3-4,16H2,1-2H3. The third kappa shape index (κ3) is 3.10. The molecule has 1 aliphatic rings. The molecule has 0 bridgehead atoms. The van der Waals surface area contributed by atoms with Crippen molar-refractivity contribution in [3.63, 3.8) is 0 Å². The molecule has 0 saturated carbocycles. The topological polar surface area (TPSA) is 18.5 Å². The van der Waals surface area contributed by atoms with Crippen molar-refractivity contribution in [3.8, 4) is 22.3 Å². The quantitative estimate of drug-likeness (QED) is 0.512. The molecular formula is C23H23O2P. The average Bonchev–Trinajstić information content (AvgIpc) is 2.66. The van der Waals surface area contributed by atoms with E-state index in [1.54, 1.807) is 0 Å². The minimum atomic E-state index is -0.975. The van der Waals surface area contributed by atoms with E-state index in [0.29, 0.717) is 6.79 Å². The maximum atomic E-state index is 5.74. The van der Waals surface area contributed by atoms with Gasteiger partial charge < -0.3 is 9.05 Å². The zero-order valence-corrected chi connectivity index (χ0v) is 16.1. The van der Waals surface area contributed by atoms with Gasteiger partial charge in [-0.25, -0.2) is 0 Å². The van der Waals surface area contributed by atoms with E-state index in [0.717, 1.165) is 12.8 Å². The van der Waals surface area contributed by atoms with Crippen molar-refractivity contribution in [1.29, 1.82) is 0 Å². The molecule has 0 amide bonds. The van der Waals surface area contributed by atoms with Gasteiger partial charge >= 0.3 is 0 Å². The molecule has 0 aromatic heterocycles. The maximum Gasteiger partial charge on any atom is 0.210 e. The molecule has 0 atom stereocenters. The smallest absolute Gasteiger partial charge is 0.210 e. The van der Waals surface area contributed by atoms with E-state index in [9.17, 15) is 0 Å². The minimum Gasteiger partial charge on any atom is -0.303 e. The van der Waals surface area contributed by atoms with Gasteiger partial charge in [0.1, 0.15) is 0 Å². The van der Waals surface area contributed by atoms with Crippen molar-refractivity contribution >= 4 is 13.7 Å². The Labute approximate surface area is 156 Å². The molecule has 2 nitrogen and oxygen atoms in total. The van der Waals surface area contributed by atoms with Gasteiger partial charge in [-0.1, -0.05) is 74.5 Å². The molecule has 132 valence electrons. The Morgan fingerprint density at radius 3 is 1.88 bits per heavy atom. The highest BCUT2D eigenvalue weighted by atomic mass is 31.2. The van der Waals surface area contributed by atoms with E-state index < -0.39 is 8.38 Å². The Morgan fingerprint density at radius 1 is 0.692 bits per heavy atom. The van der Waals surface area contributed by atoms with E-state index in [4.69, 9.17) is 9.05 Å². The Morgan fingerprint density at radius 2 is 1.27 bits per heavy atom. The van der Waals surface area contributed by atoms with E-state index >= 15 is 0 Å². The summed E-state index contributed by atoms with van der Waals surface area (Å²) in [6, 6.07) is 23.9. The van der Waals surface area contributed by atoms with Gasteiger partial charge in [-0.15, -0.1) is 0 Å². The van der Waals surface area contributed by atoms with E-state index in [-0.39, 0.29) is 0 Å². The SMILES string of the molecule is CCc1ccccc1-c1cccc(P2OCO2)c1-c1ccccc1CC. The Kier molecular flexibility index (Phi) is 5.17. The maximum absolute atomic E-state index is 5.74. The highest BCUT2D eigenvalue weighted by molar-refractivity contribution is 7.57. The third-order valence-corrected chi connectivity index (χ3v) is 6.38. The lowest BCUT2D eigenvalue weighted by Crippen LogP contribution is -2.18. The van der Waals surface area contributed by atoms with E-state index in [2.05, 4.69) is 80.6 Å². The molecular weight excluding hydrogens is 339 g/mol. The number of benzene rings is 3. The fourth-order valence-electron chi connectivity index (χ4n) is 3.61. The predicted octanol–water partition coefficient (Wildman–Crippen LogP) is 6.09. The first-order chi connectivity index (χ1) is 12.8. The average molecular weight is 362 g/mol. The molecule has 0 unspecified atom stereocenters. The van der Waals surface area contributed by atoms with Crippen LogP contribution in [0, 0.1) is 0 Å². The first-order valence-electron chi connectivity index (χ1n) is 9.19. The first kappa shape index (κ1) is 17.4. The van der Waals surface area contributed by atoms with Crippen molar-refractivity contribution in [2.75, 3.05) is 6.79 Å². The molecule has 3 aromatic carbocycles. The Hall–Kier alpha value is -1.99. The van der Waals surface area contributed by atoms with E-state index in [1.807, 2.05) is 0 Å².